The summed E-state index contributed by atoms with van der Waals surface area (Å²) < 4.78 is 108. The molecular formula is C72H92N4+4. The first kappa shape index (κ1) is 41.6. The minimum Gasteiger partial charge on any atom is -0.201 e. The van der Waals surface area contributed by atoms with Gasteiger partial charge in [-0.05, 0) is 221 Å². The highest BCUT2D eigenvalue weighted by atomic mass is 14.9. The second kappa shape index (κ2) is 24.6. The monoisotopic (exact) mass is 1030 g/mol. The SMILES string of the molecule is Cc1ccc(-c2c3c(cc[n+]2C)CCCC3)c(C)c1.Cc1ccc(-c2cc3c(c[n+]2C)CCCC3)c(C)c1.[2H]C([2H])([2H])c1c[n+](C)c(-c2ccc(C([2H])(C)C([2H])([2H])[2H])cc2C)c(C)c1C.[2H]C([2H])([2H])c1ccc(-c2c(C)c(C)c(C([2H])([2H])[2H])c[n+]2C)c(C)c1. The van der Waals surface area contributed by atoms with Crippen molar-refractivity contribution in [3.8, 4) is 45.0 Å². The van der Waals surface area contributed by atoms with Gasteiger partial charge in [-0.25, -0.2) is 18.3 Å². The van der Waals surface area contributed by atoms with Gasteiger partial charge in [-0.1, -0.05) is 79.0 Å². The first-order valence-corrected chi connectivity index (χ1v) is 27.1. The van der Waals surface area contributed by atoms with Crippen LogP contribution in [-0.2, 0) is 53.9 Å². The highest BCUT2D eigenvalue weighted by molar-refractivity contribution is 5.68. The van der Waals surface area contributed by atoms with Gasteiger partial charge >= 0.3 is 0 Å². The van der Waals surface area contributed by atoms with E-state index in [-0.39, 0.29) is 0 Å². The molecule has 0 radical (unpaired) electrons. The summed E-state index contributed by atoms with van der Waals surface area (Å²) in [6.07, 6.45) is 18.1. The van der Waals surface area contributed by atoms with Gasteiger partial charge in [0.2, 0.25) is 22.8 Å². The maximum absolute atomic E-state index is 8.28. The predicted octanol–water partition coefficient (Wildman–Crippen LogP) is 15.6. The summed E-state index contributed by atoms with van der Waals surface area (Å²) in [4.78, 5) is 0. The fourth-order valence-corrected chi connectivity index (χ4v) is 11.4. The summed E-state index contributed by atoms with van der Waals surface area (Å²) in [7, 11) is 7.96. The third-order valence-corrected chi connectivity index (χ3v) is 15.9. The standard InChI is InChI=1S/C19H26N.2C18H22N.C17H22N/c1-12(2)17-8-9-18(13(3)10-17)19-16(6)15(5)14(4)11-20(19)7;1-13-8-9-17(14(2)10-13)18-11-15-6-4-5-7-16(15)12-19(18)3;1-13-8-9-16(14(2)12-13)18-17-7-5-4-6-15(17)10-11-19(18)3;1-11-7-8-16(12(2)9-11)17-15(5)14(4)13(3)10-18(17)6/h8-12H,1-7H3;2*8-12H,4-7H2,1-3H3;7-10H,1-6H3/q4*+1/i1D3,4D3,12D;;;1D3,3D3. The summed E-state index contributed by atoms with van der Waals surface area (Å²) in [5, 5.41) is 0. The molecule has 0 N–H and O–H groups in total. The molecule has 0 aliphatic heterocycles. The Morgan fingerprint density at radius 3 is 1.41 bits per heavy atom. The molecule has 76 heavy (non-hydrogen) atoms. The smallest absolute Gasteiger partial charge is 0.201 e. The van der Waals surface area contributed by atoms with Gasteiger partial charge in [0.25, 0.3) is 0 Å². The maximum Gasteiger partial charge on any atom is 0.216 e. The quantitative estimate of drug-likeness (QED) is 0.153. The van der Waals surface area contributed by atoms with Crippen LogP contribution in [-0.4, -0.2) is 0 Å². The molecule has 2 aliphatic carbocycles. The van der Waals surface area contributed by atoms with Crippen molar-refractivity contribution < 1.29 is 36.1 Å². The number of benzene rings is 4. The Kier molecular flexibility index (Phi) is 13.5. The van der Waals surface area contributed by atoms with Crippen LogP contribution in [0.15, 0.2) is 110 Å². The third kappa shape index (κ3) is 12.8. The Morgan fingerprint density at radius 1 is 0.408 bits per heavy atom. The number of fused-ring (bicyclic) bond motifs is 2. The molecule has 8 aromatic rings. The molecule has 4 aromatic carbocycles. The van der Waals surface area contributed by atoms with Crippen molar-refractivity contribution in [1.29, 1.82) is 0 Å². The zero-order valence-electron chi connectivity index (χ0n) is 61.3. The minimum absolute atomic E-state index is 0.305. The first-order valence-electron chi connectivity index (χ1n) is 33.6. The number of pyridine rings is 4. The number of rotatable bonds is 5. The third-order valence-electron chi connectivity index (χ3n) is 15.9. The van der Waals surface area contributed by atoms with Crippen molar-refractivity contribution in [1.82, 2.24) is 0 Å². The fourth-order valence-electron chi connectivity index (χ4n) is 11.4. The van der Waals surface area contributed by atoms with Crippen molar-refractivity contribution in [2.75, 3.05) is 0 Å². The van der Waals surface area contributed by atoms with Crippen LogP contribution in [0.25, 0.3) is 45.0 Å². The lowest BCUT2D eigenvalue weighted by Crippen LogP contribution is -2.33. The van der Waals surface area contributed by atoms with E-state index in [0.717, 1.165) is 55.9 Å². The predicted molar refractivity (Wildman–Crippen MR) is 321 cm³/mol. The summed E-state index contributed by atoms with van der Waals surface area (Å²) in [6, 6.07) is 28.6. The molecule has 0 bridgehead atoms. The molecule has 4 heterocycles. The molecule has 0 spiro atoms. The molecule has 1 atom stereocenters. The molecule has 10 rings (SSSR count). The Hall–Kier alpha value is -6.52. The average Bonchev–Trinajstić information content (AvgIpc) is 0.993. The number of aryl methyl sites for hydroxylation is 16. The van der Waals surface area contributed by atoms with Gasteiger partial charge in [-0.15, -0.1) is 0 Å². The first-order chi connectivity index (χ1) is 41.2. The molecule has 1 unspecified atom stereocenters. The molecule has 0 fully saturated rings. The van der Waals surface area contributed by atoms with E-state index in [9.17, 15) is 0 Å². The van der Waals surface area contributed by atoms with Crippen molar-refractivity contribution in [3.05, 3.63) is 210 Å². The minimum atomic E-state index is -2.43. The fraction of sp³-hybridized carbons (Fsp3) is 0.389. The zero-order valence-corrected chi connectivity index (χ0v) is 48.3. The van der Waals surface area contributed by atoms with E-state index in [4.69, 9.17) is 17.8 Å². The second-order valence-corrected chi connectivity index (χ2v) is 21.8. The van der Waals surface area contributed by atoms with Gasteiger partial charge in [-0.2, -0.15) is 0 Å². The number of aromatic nitrogens is 4. The zero-order chi connectivity index (χ0) is 66.2. The van der Waals surface area contributed by atoms with E-state index in [0.29, 0.717) is 22.3 Å². The Bertz CT molecular complexity index is 3940. The number of hydrogen-bond donors (Lipinski definition) is 0. The van der Waals surface area contributed by atoms with Crippen molar-refractivity contribution >= 4 is 0 Å². The normalized spacial score (nSPS) is 16.6. The number of hydrogen-bond acceptors (Lipinski definition) is 0. The van der Waals surface area contributed by atoms with Crippen LogP contribution in [0.1, 0.15) is 163 Å². The van der Waals surface area contributed by atoms with Crippen LogP contribution < -0.4 is 18.3 Å². The van der Waals surface area contributed by atoms with Crippen molar-refractivity contribution in [2.45, 2.75) is 161 Å². The number of nitrogens with zero attached hydrogens (tertiary/aromatic N) is 4. The molecule has 4 aromatic heterocycles. The van der Waals surface area contributed by atoms with Gasteiger partial charge in [0, 0.05) is 85.6 Å². The lowest BCUT2D eigenvalue weighted by molar-refractivity contribution is -0.661. The van der Waals surface area contributed by atoms with E-state index < -0.39 is 33.3 Å². The van der Waals surface area contributed by atoms with Crippen LogP contribution in [0.5, 0.6) is 0 Å². The largest absolute Gasteiger partial charge is 0.216 e. The molecule has 396 valence electrons. The van der Waals surface area contributed by atoms with Crippen molar-refractivity contribution in [2.24, 2.45) is 28.2 Å². The van der Waals surface area contributed by atoms with E-state index in [2.05, 4.69) is 112 Å². The lowest BCUT2D eigenvalue weighted by Gasteiger charge is -2.18. The van der Waals surface area contributed by atoms with Crippen LogP contribution in [0.2, 0.25) is 0 Å². The van der Waals surface area contributed by atoms with Crippen LogP contribution in [0.3, 0.4) is 0 Å². The van der Waals surface area contributed by atoms with Gasteiger partial charge < -0.3 is 0 Å². The molecule has 2 aliphatic rings. The maximum atomic E-state index is 8.28. The Labute approximate surface area is 478 Å². The van der Waals surface area contributed by atoms with Gasteiger partial charge in [-0.3, -0.25) is 0 Å². The second-order valence-electron chi connectivity index (χ2n) is 21.8. The summed E-state index contributed by atoms with van der Waals surface area (Å²) in [5.74, 6) is -1.70. The highest BCUT2D eigenvalue weighted by Gasteiger charge is 2.25. The molecule has 0 amide bonds. The van der Waals surface area contributed by atoms with E-state index in [1.54, 1.807) is 88.1 Å². The molecule has 4 nitrogen and oxygen atoms in total. The summed E-state index contributed by atoms with van der Waals surface area (Å²) in [6.45, 7) is 12.4. The van der Waals surface area contributed by atoms with Crippen LogP contribution in [0, 0.1) is 89.8 Å². The van der Waals surface area contributed by atoms with E-state index >= 15 is 0 Å². The molecule has 0 saturated carbocycles. The van der Waals surface area contributed by atoms with E-state index in [1.807, 2.05) is 47.7 Å². The van der Waals surface area contributed by atoms with Crippen molar-refractivity contribution in [3.63, 3.8) is 0 Å². The Balaban J connectivity index is 0.000000171. The van der Waals surface area contributed by atoms with Gasteiger partial charge in [0.1, 0.15) is 28.2 Å². The molecular weight excluding hydrogens is 921 g/mol. The highest BCUT2D eigenvalue weighted by Crippen LogP contribution is 2.33. The van der Waals surface area contributed by atoms with E-state index in [1.165, 1.54) is 103 Å². The molecule has 4 heteroatoms. The Morgan fingerprint density at radius 2 is 0.882 bits per heavy atom. The van der Waals surface area contributed by atoms with Crippen LogP contribution >= 0.6 is 0 Å². The summed E-state index contributed by atoms with van der Waals surface area (Å²) in [5.41, 5.74) is 27.1. The van der Waals surface area contributed by atoms with Crippen LogP contribution in [0.4, 0.5) is 0 Å². The summed E-state index contributed by atoms with van der Waals surface area (Å²) >= 11 is 0. The van der Waals surface area contributed by atoms with Gasteiger partial charge in [0.15, 0.2) is 24.8 Å². The topological polar surface area (TPSA) is 15.5 Å². The molecule has 0 saturated heterocycles. The lowest BCUT2D eigenvalue weighted by atomic mass is 9.87. The van der Waals surface area contributed by atoms with Gasteiger partial charge in [0.05, 0.1) is 0 Å². The average molecular weight is 1030 g/mol.